The maximum absolute atomic E-state index is 6.53. The van der Waals surface area contributed by atoms with Crippen LogP contribution in [0.3, 0.4) is 0 Å². The van der Waals surface area contributed by atoms with Gasteiger partial charge in [-0.1, -0.05) is 119 Å². The molecular formula is C56H36N4O4Pt. The van der Waals surface area contributed by atoms with Crippen molar-refractivity contribution in [3.8, 4) is 68.0 Å². The fourth-order valence-corrected chi connectivity index (χ4v) is 10.1. The minimum absolute atomic E-state index is 0. The number of methoxy groups -OCH3 is 4. The zero-order valence-corrected chi connectivity index (χ0v) is 37.9. The molecule has 0 spiro atoms. The number of hydrogen-bond acceptors (Lipinski definition) is 6. The maximum atomic E-state index is 6.53. The summed E-state index contributed by atoms with van der Waals surface area (Å²) in [6.07, 6.45) is 0. The Morgan fingerprint density at radius 2 is 0.508 bits per heavy atom. The van der Waals surface area contributed by atoms with Gasteiger partial charge >= 0.3 is 21.1 Å². The molecule has 8 nitrogen and oxygen atoms in total. The van der Waals surface area contributed by atoms with E-state index in [9.17, 15) is 0 Å². The molecule has 0 atom stereocenters. The monoisotopic (exact) mass is 1020 g/mol. The van der Waals surface area contributed by atoms with Gasteiger partial charge in [-0.3, -0.25) is 0 Å². The number of fused-ring (bicyclic) bond motifs is 24. The van der Waals surface area contributed by atoms with E-state index in [4.69, 9.17) is 38.9 Å². The molecule has 0 unspecified atom stereocenters. The molecule has 2 aliphatic heterocycles. The van der Waals surface area contributed by atoms with Crippen LogP contribution < -0.4 is 28.9 Å². The first-order chi connectivity index (χ1) is 31.5. The van der Waals surface area contributed by atoms with Gasteiger partial charge in [-0.25, -0.2) is 9.97 Å². The molecule has 65 heavy (non-hydrogen) atoms. The van der Waals surface area contributed by atoms with Gasteiger partial charge in [0, 0.05) is 22.3 Å². The molecule has 3 aromatic heterocycles. The van der Waals surface area contributed by atoms with Gasteiger partial charge < -0.3 is 28.9 Å². The quantitative estimate of drug-likeness (QED) is 0.172. The molecule has 8 bridgehead atoms. The van der Waals surface area contributed by atoms with Gasteiger partial charge in [-0.2, -0.15) is 0 Å². The molecule has 0 N–H and O–H groups in total. The first-order valence-corrected chi connectivity index (χ1v) is 21.2. The van der Waals surface area contributed by atoms with E-state index in [1.165, 1.54) is 0 Å². The van der Waals surface area contributed by atoms with E-state index in [0.29, 0.717) is 67.8 Å². The maximum Gasteiger partial charge on any atom is 2.00 e. The predicted octanol–water partition coefficient (Wildman–Crippen LogP) is 13.2. The van der Waals surface area contributed by atoms with E-state index >= 15 is 0 Å². The SMILES string of the molecule is COc1c2nc(c(OC)c3[n-]c(c(OC)c4nc(c(OC)c5[n-]c1c1cc6ccccc6cc51)-c1cc5ccccc5cc1-4)c1cc4ccccc4cc31)-c1cc3ccccc3cc1-2.[Pt+2]. The van der Waals surface area contributed by atoms with Crippen LogP contribution in [-0.4, -0.2) is 38.4 Å². The van der Waals surface area contributed by atoms with Gasteiger partial charge in [0.25, 0.3) is 0 Å². The third-order valence-electron chi connectivity index (χ3n) is 13.0. The number of hydrogen-bond donors (Lipinski definition) is 0. The molecule has 0 amide bonds. The molecule has 0 saturated heterocycles. The zero-order chi connectivity index (χ0) is 42.8. The Bertz CT molecular complexity index is 3530. The van der Waals surface area contributed by atoms with Crippen molar-refractivity contribution >= 4 is 86.7 Å². The third kappa shape index (κ3) is 5.60. The summed E-state index contributed by atoms with van der Waals surface area (Å²) in [4.78, 5) is 22.1. The second kappa shape index (κ2) is 14.7. The minimum Gasteiger partial charge on any atom is -0.651 e. The molecule has 0 radical (unpaired) electrons. The molecular weight excluding hydrogens is 988 g/mol. The van der Waals surface area contributed by atoms with Crippen LogP contribution in [0.5, 0.6) is 23.0 Å². The summed E-state index contributed by atoms with van der Waals surface area (Å²) in [5, 5.41) is 12.1. The Kier molecular flexibility index (Phi) is 8.81. The molecule has 8 aromatic carbocycles. The summed E-state index contributed by atoms with van der Waals surface area (Å²) < 4.78 is 26.1. The molecule has 0 saturated carbocycles. The molecule has 13 rings (SSSR count). The van der Waals surface area contributed by atoms with E-state index in [-0.39, 0.29) is 21.1 Å². The fraction of sp³-hybridized carbons (Fsp3) is 0.0714. The van der Waals surface area contributed by atoms with E-state index in [1.54, 1.807) is 28.4 Å². The van der Waals surface area contributed by atoms with Gasteiger partial charge in [-0.15, -0.1) is 0 Å². The van der Waals surface area contributed by atoms with Crippen LogP contribution in [0, 0.1) is 0 Å². The second-order valence-corrected chi connectivity index (χ2v) is 16.3. The number of benzene rings is 8. The summed E-state index contributed by atoms with van der Waals surface area (Å²) >= 11 is 0. The van der Waals surface area contributed by atoms with Gasteiger partial charge in [0.05, 0.1) is 28.4 Å². The number of ether oxygens (including phenoxy) is 4. The van der Waals surface area contributed by atoms with Gasteiger partial charge in [0.1, 0.15) is 45.8 Å². The largest absolute Gasteiger partial charge is 2.00 e. The average molecular weight is 1020 g/mol. The number of aromatic nitrogens is 4. The smallest absolute Gasteiger partial charge is 0.651 e. The van der Waals surface area contributed by atoms with Crippen molar-refractivity contribution < 1.29 is 40.0 Å². The molecule has 11 aromatic rings. The normalized spacial score (nSPS) is 11.9. The Morgan fingerprint density at radius 1 is 0.308 bits per heavy atom. The Balaban J connectivity index is 0.00000444. The van der Waals surface area contributed by atoms with Crippen molar-refractivity contribution in [2.24, 2.45) is 0 Å². The van der Waals surface area contributed by atoms with Crippen LogP contribution in [0.15, 0.2) is 146 Å². The molecule has 0 fully saturated rings. The summed E-state index contributed by atoms with van der Waals surface area (Å²) in [6, 6.07) is 50.8. The molecule has 9 heteroatoms. The minimum atomic E-state index is 0. The van der Waals surface area contributed by atoms with Crippen LogP contribution in [0.2, 0.25) is 0 Å². The van der Waals surface area contributed by atoms with Crippen LogP contribution in [-0.2, 0) is 21.1 Å². The summed E-state index contributed by atoms with van der Waals surface area (Å²) in [5.41, 5.74) is 8.64. The molecule has 314 valence electrons. The first kappa shape index (κ1) is 39.0. The molecule has 0 aliphatic carbocycles. The summed E-state index contributed by atoms with van der Waals surface area (Å²) in [5.74, 6) is 2.07. The summed E-state index contributed by atoms with van der Waals surface area (Å²) in [7, 11) is 6.75. The van der Waals surface area contributed by atoms with Crippen LogP contribution >= 0.6 is 0 Å². The standard InChI is InChI=1S/C56H36N4O4.Pt/c1-61-53-45-37-21-29-13-5-7-15-31(29)23-39(37)47(57-45)54(62-2)49-41-25-33-17-9-11-19-35(33)27-43(41)51(59-49)56(64-4)52-44-28-36-20-12-10-18-34(36)26-42(44)50(60-52)55(63-3)48-40-24-32-16-8-6-14-30(32)22-38(40)46(53)58-48;/h5-28H,1-4H3;/q-2;+2. The third-order valence-corrected chi connectivity index (χ3v) is 13.0. The van der Waals surface area contributed by atoms with Crippen LogP contribution in [0.25, 0.3) is 132 Å². The van der Waals surface area contributed by atoms with E-state index in [2.05, 4.69) is 146 Å². The van der Waals surface area contributed by atoms with Crippen molar-refractivity contribution in [3.63, 3.8) is 0 Å². The van der Waals surface area contributed by atoms with E-state index < -0.39 is 0 Å². The zero-order valence-electron chi connectivity index (χ0n) is 35.6. The Hall–Kier alpha value is -7.67. The molecule has 5 heterocycles. The Labute approximate surface area is 386 Å². The fourth-order valence-electron chi connectivity index (χ4n) is 10.1. The van der Waals surface area contributed by atoms with Crippen LogP contribution in [0.4, 0.5) is 0 Å². The van der Waals surface area contributed by atoms with Crippen molar-refractivity contribution in [1.29, 1.82) is 0 Å². The van der Waals surface area contributed by atoms with Crippen LogP contribution in [0.1, 0.15) is 0 Å². The average Bonchev–Trinajstić information content (AvgIpc) is 4.09. The van der Waals surface area contributed by atoms with Crippen molar-refractivity contribution in [2.45, 2.75) is 0 Å². The van der Waals surface area contributed by atoms with E-state index in [0.717, 1.165) is 86.9 Å². The summed E-state index contributed by atoms with van der Waals surface area (Å²) in [6.45, 7) is 0. The molecule has 2 aliphatic rings. The predicted molar refractivity (Wildman–Crippen MR) is 259 cm³/mol. The number of nitrogens with zero attached hydrogens (tertiary/aromatic N) is 4. The van der Waals surface area contributed by atoms with Crippen molar-refractivity contribution in [3.05, 3.63) is 146 Å². The van der Waals surface area contributed by atoms with Gasteiger partial charge in [-0.05, 0) is 113 Å². The first-order valence-electron chi connectivity index (χ1n) is 21.2. The van der Waals surface area contributed by atoms with E-state index in [1.807, 2.05) is 0 Å². The van der Waals surface area contributed by atoms with Crippen molar-refractivity contribution in [2.75, 3.05) is 28.4 Å². The topological polar surface area (TPSA) is 90.9 Å². The second-order valence-electron chi connectivity index (χ2n) is 16.3. The van der Waals surface area contributed by atoms with Gasteiger partial charge in [0.15, 0.2) is 0 Å². The number of rotatable bonds is 4. The van der Waals surface area contributed by atoms with Gasteiger partial charge in [0.2, 0.25) is 0 Å². The Morgan fingerprint density at radius 3 is 0.708 bits per heavy atom. The van der Waals surface area contributed by atoms with Crippen molar-refractivity contribution in [1.82, 2.24) is 19.9 Å².